The van der Waals surface area contributed by atoms with Crippen molar-refractivity contribution < 1.29 is 13.6 Å². The number of carbonyl (C=O) groups is 1. The quantitative estimate of drug-likeness (QED) is 0.747. The van der Waals surface area contributed by atoms with Crippen LogP contribution in [-0.2, 0) is 17.9 Å². The molecule has 1 fully saturated rings. The van der Waals surface area contributed by atoms with Gasteiger partial charge in [0, 0.05) is 56.0 Å². The predicted molar refractivity (Wildman–Crippen MR) is 98.9 cm³/mol. The maximum Gasteiger partial charge on any atom is 0.257 e. The second-order valence-corrected chi connectivity index (χ2v) is 7.37. The molecule has 3 heterocycles. The summed E-state index contributed by atoms with van der Waals surface area (Å²) in [6, 6.07) is 8.35. The zero-order chi connectivity index (χ0) is 18.8. The molecule has 4 rings (SSSR count). The summed E-state index contributed by atoms with van der Waals surface area (Å²) >= 11 is 0. The molecule has 0 aliphatic carbocycles. The van der Waals surface area contributed by atoms with Crippen LogP contribution in [0.25, 0.3) is 0 Å². The maximum atomic E-state index is 12.5. The van der Waals surface area contributed by atoms with Crippen molar-refractivity contribution in [3.8, 4) is 0 Å². The van der Waals surface area contributed by atoms with Gasteiger partial charge in [-0.05, 0) is 24.5 Å². The lowest BCUT2D eigenvalue weighted by atomic mass is 9.98. The number of rotatable bonds is 7. The van der Waals surface area contributed by atoms with Crippen molar-refractivity contribution in [2.45, 2.75) is 44.7 Å². The highest BCUT2D eigenvalue weighted by molar-refractivity contribution is 5.78. The molecule has 0 saturated carbocycles. The standard InChI is InChI=1S/C20H24F2N4O/c21-19(22)14-26-12-15(10-23-26)11-25-13-16(17-4-1-2-5-18(17)25)7-9-24-8-3-6-20(24)27/h1-2,4-5,10,12,16,19H,3,6-9,11,13-14H2. The number of benzene rings is 1. The van der Waals surface area contributed by atoms with E-state index in [4.69, 9.17) is 0 Å². The van der Waals surface area contributed by atoms with Crippen molar-refractivity contribution in [2.75, 3.05) is 24.5 Å². The van der Waals surface area contributed by atoms with E-state index in [2.05, 4.69) is 28.2 Å². The number of halogens is 2. The monoisotopic (exact) mass is 374 g/mol. The fourth-order valence-corrected chi connectivity index (χ4v) is 4.18. The summed E-state index contributed by atoms with van der Waals surface area (Å²) in [4.78, 5) is 16.1. The molecule has 1 unspecified atom stereocenters. The average molecular weight is 374 g/mol. The zero-order valence-corrected chi connectivity index (χ0v) is 15.2. The fourth-order valence-electron chi connectivity index (χ4n) is 4.18. The molecule has 7 heteroatoms. The molecule has 1 aromatic carbocycles. The molecule has 2 aliphatic heterocycles. The number of carbonyl (C=O) groups excluding carboxylic acids is 1. The summed E-state index contributed by atoms with van der Waals surface area (Å²) < 4.78 is 26.4. The van der Waals surface area contributed by atoms with Gasteiger partial charge in [0.1, 0.15) is 6.54 Å². The minimum atomic E-state index is -2.40. The zero-order valence-electron chi connectivity index (χ0n) is 15.2. The topological polar surface area (TPSA) is 41.4 Å². The largest absolute Gasteiger partial charge is 0.366 e. The van der Waals surface area contributed by atoms with Crippen LogP contribution in [-0.4, -0.2) is 46.6 Å². The molecule has 0 radical (unpaired) electrons. The Balaban J connectivity index is 1.43. The van der Waals surface area contributed by atoms with Crippen LogP contribution in [0.1, 0.15) is 36.3 Å². The van der Waals surface area contributed by atoms with Crippen LogP contribution in [0.3, 0.4) is 0 Å². The number of hydrogen-bond acceptors (Lipinski definition) is 3. The summed E-state index contributed by atoms with van der Waals surface area (Å²) in [6.07, 6.45) is 3.56. The third kappa shape index (κ3) is 3.96. The number of amides is 1. The Bertz CT molecular complexity index is 807. The Labute approximate surface area is 157 Å². The van der Waals surface area contributed by atoms with Crippen molar-refractivity contribution in [1.29, 1.82) is 0 Å². The highest BCUT2D eigenvalue weighted by Gasteiger charge is 2.30. The summed E-state index contributed by atoms with van der Waals surface area (Å²) in [5.74, 6) is 0.648. The van der Waals surface area contributed by atoms with E-state index in [0.29, 0.717) is 18.9 Å². The molecule has 0 bridgehead atoms. The maximum absolute atomic E-state index is 12.5. The van der Waals surface area contributed by atoms with E-state index in [0.717, 1.165) is 38.0 Å². The number of alkyl halides is 2. The van der Waals surface area contributed by atoms with Crippen LogP contribution in [0.2, 0.25) is 0 Å². The van der Waals surface area contributed by atoms with Gasteiger partial charge < -0.3 is 9.80 Å². The molecular weight excluding hydrogens is 350 g/mol. The third-order valence-corrected chi connectivity index (χ3v) is 5.46. The summed E-state index contributed by atoms with van der Waals surface area (Å²) in [6.45, 7) is 2.84. The second kappa shape index (κ2) is 7.66. The predicted octanol–water partition coefficient (Wildman–Crippen LogP) is 3.26. The molecule has 0 N–H and O–H groups in total. The van der Waals surface area contributed by atoms with Gasteiger partial charge in [0.15, 0.2) is 0 Å². The molecule has 1 amide bonds. The molecule has 1 aromatic heterocycles. The lowest BCUT2D eigenvalue weighted by molar-refractivity contribution is -0.127. The first-order valence-corrected chi connectivity index (χ1v) is 9.51. The van der Waals surface area contributed by atoms with Crippen molar-refractivity contribution in [1.82, 2.24) is 14.7 Å². The number of hydrogen-bond donors (Lipinski definition) is 0. The van der Waals surface area contributed by atoms with Gasteiger partial charge in [0.2, 0.25) is 5.91 Å². The lowest BCUT2D eigenvalue weighted by Crippen LogP contribution is -2.28. The van der Waals surface area contributed by atoms with Gasteiger partial charge in [-0.2, -0.15) is 5.10 Å². The summed E-state index contributed by atoms with van der Waals surface area (Å²) in [5, 5.41) is 4.04. The Morgan fingerprint density at radius 3 is 2.85 bits per heavy atom. The van der Waals surface area contributed by atoms with Gasteiger partial charge in [-0.15, -0.1) is 0 Å². The normalized spacial score (nSPS) is 19.4. The first-order chi connectivity index (χ1) is 13.1. The SMILES string of the molecule is O=C1CCCN1CCC1CN(Cc2cnn(CC(F)F)c2)c2ccccc21. The van der Waals surface area contributed by atoms with E-state index >= 15 is 0 Å². The molecule has 144 valence electrons. The van der Waals surface area contributed by atoms with Gasteiger partial charge >= 0.3 is 0 Å². The van der Waals surface area contributed by atoms with Crippen LogP contribution in [0.5, 0.6) is 0 Å². The lowest BCUT2D eigenvalue weighted by Gasteiger charge is -2.20. The van der Waals surface area contributed by atoms with E-state index in [1.54, 1.807) is 12.4 Å². The first-order valence-electron chi connectivity index (χ1n) is 9.51. The number of aromatic nitrogens is 2. The number of fused-ring (bicyclic) bond motifs is 1. The molecule has 5 nitrogen and oxygen atoms in total. The molecular formula is C20H24F2N4O. The molecule has 1 atom stereocenters. The van der Waals surface area contributed by atoms with Crippen LogP contribution in [0.4, 0.5) is 14.5 Å². The highest BCUT2D eigenvalue weighted by Crippen LogP contribution is 2.39. The molecule has 1 saturated heterocycles. The minimum Gasteiger partial charge on any atom is -0.366 e. The Morgan fingerprint density at radius 1 is 1.22 bits per heavy atom. The molecule has 2 aromatic rings. The second-order valence-electron chi connectivity index (χ2n) is 7.37. The summed E-state index contributed by atoms with van der Waals surface area (Å²) in [5.41, 5.74) is 3.43. The highest BCUT2D eigenvalue weighted by atomic mass is 19.3. The number of para-hydroxylation sites is 1. The van der Waals surface area contributed by atoms with E-state index in [9.17, 15) is 13.6 Å². The Kier molecular flexibility index (Phi) is 5.09. The number of nitrogens with zero attached hydrogens (tertiary/aromatic N) is 4. The number of anilines is 1. The smallest absolute Gasteiger partial charge is 0.257 e. The van der Waals surface area contributed by atoms with E-state index < -0.39 is 6.43 Å². The van der Waals surface area contributed by atoms with Gasteiger partial charge in [-0.25, -0.2) is 8.78 Å². The number of likely N-dealkylation sites (tertiary alicyclic amines) is 1. The van der Waals surface area contributed by atoms with Crippen LogP contribution < -0.4 is 4.90 Å². The minimum absolute atomic E-state index is 0.268. The van der Waals surface area contributed by atoms with Gasteiger partial charge in [-0.1, -0.05) is 18.2 Å². The van der Waals surface area contributed by atoms with Crippen LogP contribution in [0, 0.1) is 0 Å². The third-order valence-electron chi connectivity index (χ3n) is 5.46. The van der Waals surface area contributed by atoms with Gasteiger partial charge in [0.25, 0.3) is 6.43 Å². The van der Waals surface area contributed by atoms with Crippen molar-refractivity contribution in [3.63, 3.8) is 0 Å². The fraction of sp³-hybridized carbons (Fsp3) is 0.500. The first kappa shape index (κ1) is 17.9. The van der Waals surface area contributed by atoms with E-state index in [1.165, 1.54) is 15.9 Å². The Hall–Kier alpha value is -2.44. The Morgan fingerprint density at radius 2 is 2.07 bits per heavy atom. The van der Waals surface area contributed by atoms with E-state index in [-0.39, 0.29) is 12.5 Å². The van der Waals surface area contributed by atoms with Crippen LogP contribution >= 0.6 is 0 Å². The van der Waals surface area contributed by atoms with Crippen molar-refractivity contribution in [2.24, 2.45) is 0 Å². The van der Waals surface area contributed by atoms with Gasteiger partial charge in [-0.3, -0.25) is 9.48 Å². The van der Waals surface area contributed by atoms with Crippen molar-refractivity contribution >= 4 is 11.6 Å². The van der Waals surface area contributed by atoms with Crippen LogP contribution in [0.15, 0.2) is 36.7 Å². The average Bonchev–Trinajstić information content (AvgIpc) is 3.34. The molecule has 2 aliphatic rings. The summed E-state index contributed by atoms with van der Waals surface area (Å²) in [7, 11) is 0. The molecule has 0 spiro atoms. The van der Waals surface area contributed by atoms with E-state index in [1.807, 2.05) is 11.0 Å². The van der Waals surface area contributed by atoms with Gasteiger partial charge in [0.05, 0.1) is 6.20 Å². The molecule has 27 heavy (non-hydrogen) atoms. The van der Waals surface area contributed by atoms with Crippen molar-refractivity contribution in [3.05, 3.63) is 47.8 Å².